The van der Waals surface area contributed by atoms with Crippen LogP contribution in [0.25, 0.3) is 0 Å². The monoisotopic (exact) mass is 349 g/mol. The van der Waals surface area contributed by atoms with Crippen molar-refractivity contribution < 1.29 is 4.79 Å². The number of aryl methyl sites for hydroxylation is 1. The average molecular weight is 350 g/mol. The van der Waals surface area contributed by atoms with Crippen LogP contribution in [0, 0.1) is 0 Å². The number of Topliss-reactive ketones (excluding diaryl/α,β-unsaturated/α-hetero) is 1. The van der Waals surface area contributed by atoms with Crippen LogP contribution >= 0.6 is 15.9 Å². The fourth-order valence-electron chi connectivity index (χ4n) is 2.12. The second-order valence-electron chi connectivity index (χ2n) is 5.28. The largest absolute Gasteiger partial charge is 0.308 e. The molecule has 0 amide bonds. The van der Waals surface area contributed by atoms with E-state index in [0.29, 0.717) is 18.7 Å². The minimum atomic E-state index is 0.127. The van der Waals surface area contributed by atoms with E-state index in [2.05, 4.69) is 25.9 Å². The first kappa shape index (κ1) is 15.9. The molecule has 0 saturated heterocycles. The fraction of sp³-hybridized carbons (Fsp3) is 0.375. The van der Waals surface area contributed by atoms with Crippen LogP contribution in [0.5, 0.6) is 0 Å². The van der Waals surface area contributed by atoms with Gasteiger partial charge in [0.15, 0.2) is 5.78 Å². The highest BCUT2D eigenvalue weighted by atomic mass is 79.9. The summed E-state index contributed by atoms with van der Waals surface area (Å²) in [6.07, 6.45) is 2.95. The molecule has 1 aromatic heterocycles. The van der Waals surface area contributed by atoms with Crippen LogP contribution in [0.2, 0.25) is 0 Å². The minimum Gasteiger partial charge on any atom is -0.308 e. The lowest BCUT2D eigenvalue weighted by Crippen LogP contribution is -2.21. The third-order valence-corrected chi connectivity index (χ3v) is 3.88. The van der Waals surface area contributed by atoms with Gasteiger partial charge in [0.2, 0.25) is 0 Å². The zero-order chi connectivity index (χ0) is 15.2. The van der Waals surface area contributed by atoms with Gasteiger partial charge in [0.25, 0.3) is 0 Å². The number of halogens is 1. The van der Waals surface area contributed by atoms with Gasteiger partial charge in [0.05, 0.1) is 17.2 Å². The van der Waals surface area contributed by atoms with Crippen molar-refractivity contribution in [1.82, 2.24) is 14.7 Å². The van der Waals surface area contributed by atoms with Crippen molar-refractivity contribution in [2.45, 2.75) is 19.4 Å². The normalized spacial score (nSPS) is 11.0. The molecule has 0 atom stereocenters. The molecular weight excluding hydrogens is 330 g/mol. The van der Waals surface area contributed by atoms with E-state index < -0.39 is 0 Å². The van der Waals surface area contributed by atoms with Crippen LogP contribution in [-0.4, -0.2) is 41.1 Å². The topological polar surface area (TPSA) is 38.1 Å². The Balaban J connectivity index is 2.03. The molecule has 2 rings (SSSR count). The van der Waals surface area contributed by atoms with Crippen molar-refractivity contribution >= 4 is 21.7 Å². The summed E-state index contributed by atoms with van der Waals surface area (Å²) in [6.45, 7) is 1.57. The summed E-state index contributed by atoms with van der Waals surface area (Å²) in [7, 11) is 4.02. The van der Waals surface area contributed by atoms with Gasteiger partial charge in [-0.3, -0.25) is 9.48 Å². The molecule has 112 valence electrons. The molecule has 0 bridgehead atoms. The van der Waals surface area contributed by atoms with Gasteiger partial charge < -0.3 is 4.90 Å². The number of carbonyl (C=O) groups excluding carboxylic acids is 1. The maximum atomic E-state index is 12.5. The standard InChI is InChI=1S/C16H20BrN3O/c1-19(2)10-11-20-16(14(17)12-18-20)15(21)9-8-13-6-4-3-5-7-13/h3-7,12H,8-11H2,1-2H3. The Morgan fingerprint density at radius 1 is 1.29 bits per heavy atom. The van der Waals surface area contributed by atoms with Gasteiger partial charge in [-0.1, -0.05) is 30.3 Å². The van der Waals surface area contributed by atoms with E-state index in [1.54, 1.807) is 10.9 Å². The van der Waals surface area contributed by atoms with Crippen LogP contribution < -0.4 is 0 Å². The number of hydrogen-bond donors (Lipinski definition) is 0. The van der Waals surface area contributed by atoms with Crippen molar-refractivity contribution in [2.75, 3.05) is 20.6 Å². The molecule has 0 fully saturated rings. The van der Waals surface area contributed by atoms with Crippen molar-refractivity contribution in [3.8, 4) is 0 Å². The highest BCUT2D eigenvalue weighted by molar-refractivity contribution is 9.10. The Hall–Kier alpha value is -1.46. The van der Waals surface area contributed by atoms with Crippen LogP contribution in [0.1, 0.15) is 22.5 Å². The molecular formula is C16H20BrN3O. The van der Waals surface area contributed by atoms with E-state index >= 15 is 0 Å². The number of rotatable bonds is 7. The first-order chi connectivity index (χ1) is 10.1. The summed E-state index contributed by atoms with van der Waals surface area (Å²) in [5.41, 5.74) is 1.86. The number of benzene rings is 1. The molecule has 21 heavy (non-hydrogen) atoms. The zero-order valence-corrected chi connectivity index (χ0v) is 14.0. The number of nitrogens with zero attached hydrogens (tertiary/aromatic N) is 3. The van der Waals surface area contributed by atoms with Gasteiger partial charge in [-0.15, -0.1) is 0 Å². The number of carbonyl (C=O) groups is 1. The summed E-state index contributed by atoms with van der Waals surface area (Å²) in [6, 6.07) is 10.1. The average Bonchev–Trinajstić information content (AvgIpc) is 2.85. The Bertz CT molecular complexity index is 593. The van der Waals surface area contributed by atoms with Crippen LogP contribution in [0.3, 0.4) is 0 Å². The van der Waals surface area contributed by atoms with Crippen molar-refractivity contribution in [3.05, 3.63) is 52.3 Å². The van der Waals surface area contributed by atoms with Crippen molar-refractivity contribution in [2.24, 2.45) is 0 Å². The van der Waals surface area contributed by atoms with Crippen molar-refractivity contribution in [1.29, 1.82) is 0 Å². The second kappa shape index (κ2) is 7.52. The third kappa shape index (κ3) is 4.51. The first-order valence-corrected chi connectivity index (χ1v) is 7.80. The molecule has 0 spiro atoms. The molecule has 2 aromatic rings. The molecule has 1 heterocycles. The summed E-state index contributed by atoms with van der Waals surface area (Å²) < 4.78 is 2.57. The van der Waals surface area contributed by atoms with E-state index in [9.17, 15) is 4.79 Å². The maximum Gasteiger partial charge on any atom is 0.182 e. The SMILES string of the molecule is CN(C)CCn1ncc(Br)c1C(=O)CCc1ccccc1. The van der Waals surface area contributed by atoms with E-state index in [1.165, 1.54) is 5.56 Å². The molecule has 1 aromatic carbocycles. The quantitative estimate of drug-likeness (QED) is 0.721. The summed E-state index contributed by atoms with van der Waals surface area (Å²) in [5, 5.41) is 4.29. The van der Waals surface area contributed by atoms with E-state index in [0.717, 1.165) is 17.4 Å². The van der Waals surface area contributed by atoms with E-state index in [1.807, 2.05) is 44.4 Å². The predicted octanol–water partition coefficient (Wildman–Crippen LogP) is 3.02. The van der Waals surface area contributed by atoms with E-state index in [4.69, 9.17) is 0 Å². The van der Waals surface area contributed by atoms with Crippen molar-refractivity contribution in [3.63, 3.8) is 0 Å². The molecule has 0 aliphatic carbocycles. The van der Waals surface area contributed by atoms with Gasteiger partial charge in [0, 0.05) is 13.0 Å². The molecule has 0 unspecified atom stereocenters. The molecule has 0 aliphatic rings. The Morgan fingerprint density at radius 3 is 2.67 bits per heavy atom. The van der Waals surface area contributed by atoms with E-state index in [-0.39, 0.29) is 5.78 Å². The summed E-state index contributed by atoms with van der Waals surface area (Å²) >= 11 is 3.43. The van der Waals surface area contributed by atoms with Crippen LogP contribution in [0.4, 0.5) is 0 Å². The number of aromatic nitrogens is 2. The molecule has 4 nitrogen and oxygen atoms in total. The summed E-state index contributed by atoms with van der Waals surface area (Å²) in [5.74, 6) is 0.127. The lowest BCUT2D eigenvalue weighted by molar-refractivity contribution is 0.0971. The number of likely N-dealkylation sites (N-methyl/N-ethyl adjacent to an activating group) is 1. The smallest absolute Gasteiger partial charge is 0.182 e. The van der Waals surface area contributed by atoms with Gasteiger partial charge in [-0.25, -0.2) is 0 Å². The molecule has 0 N–H and O–H groups in total. The molecule has 0 radical (unpaired) electrons. The summed E-state index contributed by atoms with van der Waals surface area (Å²) in [4.78, 5) is 14.5. The lowest BCUT2D eigenvalue weighted by Gasteiger charge is -2.11. The van der Waals surface area contributed by atoms with Gasteiger partial charge >= 0.3 is 0 Å². The number of hydrogen-bond acceptors (Lipinski definition) is 3. The van der Waals surface area contributed by atoms with Gasteiger partial charge in [-0.05, 0) is 42.0 Å². The minimum absolute atomic E-state index is 0.127. The molecule has 5 heteroatoms. The molecule has 0 saturated carbocycles. The zero-order valence-electron chi connectivity index (χ0n) is 12.4. The van der Waals surface area contributed by atoms with Gasteiger partial charge in [0.1, 0.15) is 5.69 Å². The lowest BCUT2D eigenvalue weighted by atomic mass is 10.1. The molecule has 0 aliphatic heterocycles. The Kier molecular flexibility index (Phi) is 5.70. The van der Waals surface area contributed by atoms with Crippen LogP contribution in [0.15, 0.2) is 41.0 Å². The second-order valence-corrected chi connectivity index (χ2v) is 6.13. The Morgan fingerprint density at radius 2 is 2.00 bits per heavy atom. The highest BCUT2D eigenvalue weighted by Gasteiger charge is 2.17. The third-order valence-electron chi connectivity index (χ3n) is 3.30. The van der Waals surface area contributed by atoms with Crippen LogP contribution in [-0.2, 0) is 13.0 Å². The predicted molar refractivity (Wildman–Crippen MR) is 87.6 cm³/mol. The maximum absolute atomic E-state index is 12.5. The van der Waals surface area contributed by atoms with Gasteiger partial charge in [-0.2, -0.15) is 5.10 Å². The number of ketones is 1. The fourth-order valence-corrected chi connectivity index (χ4v) is 2.64. The first-order valence-electron chi connectivity index (χ1n) is 7.01. The highest BCUT2D eigenvalue weighted by Crippen LogP contribution is 2.19. The Labute approximate surface area is 133 Å².